The smallest absolute Gasteiger partial charge is 0.410 e. The molecule has 1 heterocycles. The molecule has 0 aliphatic carbocycles. The molecule has 1 aromatic carbocycles. The van der Waals surface area contributed by atoms with E-state index in [1.54, 1.807) is 4.90 Å². The molecule has 0 spiro atoms. The van der Waals surface area contributed by atoms with Gasteiger partial charge in [-0.15, -0.1) is 0 Å². The lowest BCUT2D eigenvalue weighted by molar-refractivity contribution is 0.0184. The maximum atomic E-state index is 12.0. The predicted molar refractivity (Wildman–Crippen MR) is 90.0 cm³/mol. The Morgan fingerprint density at radius 1 is 1.36 bits per heavy atom. The monoisotopic (exact) mass is 369 g/mol. The van der Waals surface area contributed by atoms with Gasteiger partial charge >= 0.3 is 6.09 Å². The van der Waals surface area contributed by atoms with E-state index < -0.39 is 5.60 Å². The Bertz CT molecular complexity index is 531. The van der Waals surface area contributed by atoms with E-state index in [0.29, 0.717) is 5.92 Å². The van der Waals surface area contributed by atoms with Gasteiger partial charge in [-0.2, -0.15) is 0 Å². The summed E-state index contributed by atoms with van der Waals surface area (Å²) in [6.45, 7) is 7.14. The number of piperidine rings is 1. The average molecular weight is 370 g/mol. The van der Waals surface area contributed by atoms with Crippen molar-refractivity contribution in [1.82, 2.24) is 4.90 Å². The molecule has 1 saturated heterocycles. The van der Waals surface area contributed by atoms with Crippen molar-refractivity contribution in [3.63, 3.8) is 0 Å². The van der Waals surface area contributed by atoms with Gasteiger partial charge in [0.15, 0.2) is 0 Å². The van der Waals surface area contributed by atoms with Crippen LogP contribution in [0.15, 0.2) is 22.7 Å². The van der Waals surface area contributed by atoms with Crippen LogP contribution in [-0.4, -0.2) is 34.8 Å². The van der Waals surface area contributed by atoms with E-state index in [1.807, 2.05) is 39.0 Å². The first kappa shape index (κ1) is 17.1. The highest BCUT2D eigenvalue weighted by molar-refractivity contribution is 9.10. The number of likely N-dealkylation sites (tertiary alicyclic amines) is 1. The molecule has 0 atom stereocenters. The first-order chi connectivity index (χ1) is 10.2. The lowest BCUT2D eigenvalue weighted by Crippen LogP contribution is -2.42. The van der Waals surface area contributed by atoms with Crippen LogP contribution in [0.4, 0.5) is 4.79 Å². The molecule has 1 aliphatic heterocycles. The highest BCUT2D eigenvalue weighted by Crippen LogP contribution is 2.28. The summed E-state index contributed by atoms with van der Waals surface area (Å²) in [6, 6.07) is 5.72. The van der Waals surface area contributed by atoms with E-state index in [2.05, 4.69) is 15.9 Å². The van der Waals surface area contributed by atoms with E-state index in [0.717, 1.165) is 42.4 Å². The molecule has 22 heavy (non-hydrogen) atoms. The standard InChI is InChI=1S/C17H24BrNO3/c1-17(2,3)22-16(21)19-8-6-12(7-9-19)10-13-4-5-14(18)15(20)11-13/h4-5,11-12,20H,6-10H2,1-3H3. The maximum Gasteiger partial charge on any atom is 0.410 e. The summed E-state index contributed by atoms with van der Waals surface area (Å²) in [5, 5.41) is 9.74. The van der Waals surface area contributed by atoms with Crippen molar-refractivity contribution >= 4 is 22.0 Å². The molecule has 0 radical (unpaired) electrons. The summed E-state index contributed by atoms with van der Waals surface area (Å²) >= 11 is 3.29. The van der Waals surface area contributed by atoms with E-state index in [1.165, 1.54) is 0 Å². The van der Waals surface area contributed by atoms with Crippen LogP contribution in [0.2, 0.25) is 0 Å². The Balaban J connectivity index is 1.84. The minimum atomic E-state index is -0.442. The Morgan fingerprint density at radius 2 is 2.00 bits per heavy atom. The average Bonchev–Trinajstić information content (AvgIpc) is 2.42. The van der Waals surface area contributed by atoms with E-state index in [4.69, 9.17) is 4.74 Å². The Labute approximate surface area is 140 Å². The molecule has 4 nitrogen and oxygen atoms in total. The zero-order valence-corrected chi connectivity index (χ0v) is 15.0. The molecule has 5 heteroatoms. The van der Waals surface area contributed by atoms with Crippen LogP contribution in [0.1, 0.15) is 39.2 Å². The van der Waals surface area contributed by atoms with Crippen LogP contribution in [-0.2, 0) is 11.2 Å². The molecule has 1 fully saturated rings. The number of nitrogens with zero attached hydrogens (tertiary/aromatic N) is 1. The molecular weight excluding hydrogens is 346 g/mol. The molecular formula is C17H24BrNO3. The number of carbonyl (C=O) groups is 1. The lowest BCUT2D eigenvalue weighted by atomic mass is 9.90. The summed E-state index contributed by atoms with van der Waals surface area (Å²) in [7, 11) is 0. The van der Waals surface area contributed by atoms with Crippen molar-refractivity contribution in [2.75, 3.05) is 13.1 Å². The van der Waals surface area contributed by atoms with Crippen LogP contribution < -0.4 is 0 Å². The molecule has 2 rings (SSSR count). The summed E-state index contributed by atoms with van der Waals surface area (Å²) in [5.41, 5.74) is 0.694. The van der Waals surface area contributed by atoms with Gasteiger partial charge in [0.2, 0.25) is 0 Å². The molecule has 0 aromatic heterocycles. The predicted octanol–water partition coefficient (Wildman–Crippen LogP) is 4.34. The summed E-state index contributed by atoms with van der Waals surface area (Å²) in [5.74, 6) is 0.822. The Morgan fingerprint density at radius 3 is 2.55 bits per heavy atom. The minimum absolute atomic E-state index is 0.216. The van der Waals surface area contributed by atoms with Crippen LogP contribution in [0.25, 0.3) is 0 Å². The number of amides is 1. The number of ether oxygens (including phenoxy) is 1. The fraction of sp³-hybridized carbons (Fsp3) is 0.588. The molecule has 1 aromatic rings. The highest BCUT2D eigenvalue weighted by atomic mass is 79.9. The number of aromatic hydroxyl groups is 1. The van der Waals surface area contributed by atoms with Gasteiger partial charge in [-0.05, 0) is 79.6 Å². The van der Waals surface area contributed by atoms with Gasteiger partial charge in [0.25, 0.3) is 0 Å². The van der Waals surface area contributed by atoms with Gasteiger partial charge in [0, 0.05) is 13.1 Å². The maximum absolute atomic E-state index is 12.0. The highest BCUT2D eigenvalue weighted by Gasteiger charge is 2.26. The number of hydrogen-bond donors (Lipinski definition) is 1. The second-order valence-corrected chi connectivity index (χ2v) is 7.75. The summed E-state index contributed by atoms with van der Waals surface area (Å²) < 4.78 is 6.13. The first-order valence-electron chi connectivity index (χ1n) is 7.70. The molecule has 0 bridgehead atoms. The zero-order valence-electron chi connectivity index (χ0n) is 13.4. The zero-order chi connectivity index (χ0) is 16.3. The summed E-state index contributed by atoms with van der Waals surface area (Å²) in [4.78, 5) is 13.8. The number of rotatable bonds is 2. The fourth-order valence-corrected chi connectivity index (χ4v) is 2.91. The quantitative estimate of drug-likeness (QED) is 0.842. The van der Waals surface area contributed by atoms with Crippen molar-refractivity contribution in [2.24, 2.45) is 5.92 Å². The van der Waals surface area contributed by atoms with E-state index in [-0.39, 0.29) is 11.8 Å². The number of benzene rings is 1. The normalized spacial score (nSPS) is 16.6. The van der Waals surface area contributed by atoms with Gasteiger partial charge < -0.3 is 14.7 Å². The van der Waals surface area contributed by atoms with E-state index >= 15 is 0 Å². The number of hydrogen-bond acceptors (Lipinski definition) is 3. The second kappa shape index (κ2) is 6.90. The van der Waals surface area contributed by atoms with Crippen LogP contribution in [0, 0.1) is 5.92 Å². The van der Waals surface area contributed by atoms with Gasteiger partial charge in [0.05, 0.1) is 4.47 Å². The second-order valence-electron chi connectivity index (χ2n) is 6.90. The van der Waals surface area contributed by atoms with Crippen molar-refractivity contribution in [3.8, 4) is 5.75 Å². The first-order valence-corrected chi connectivity index (χ1v) is 8.49. The summed E-state index contributed by atoms with van der Waals surface area (Å²) in [6.07, 6.45) is 2.65. The van der Waals surface area contributed by atoms with E-state index in [9.17, 15) is 9.90 Å². The van der Waals surface area contributed by atoms with Gasteiger partial charge in [0.1, 0.15) is 11.4 Å². The van der Waals surface area contributed by atoms with Crippen molar-refractivity contribution in [2.45, 2.75) is 45.6 Å². The van der Waals surface area contributed by atoms with Gasteiger partial charge in [-0.25, -0.2) is 4.79 Å². The molecule has 1 aliphatic rings. The van der Waals surface area contributed by atoms with Crippen molar-refractivity contribution in [1.29, 1.82) is 0 Å². The largest absolute Gasteiger partial charge is 0.507 e. The molecule has 122 valence electrons. The molecule has 0 unspecified atom stereocenters. The number of carbonyl (C=O) groups excluding carboxylic acids is 1. The van der Waals surface area contributed by atoms with Crippen LogP contribution in [0.3, 0.4) is 0 Å². The van der Waals surface area contributed by atoms with Gasteiger partial charge in [-0.3, -0.25) is 0 Å². The number of halogens is 1. The number of phenols is 1. The third-order valence-corrected chi connectivity index (χ3v) is 4.47. The Hall–Kier alpha value is -1.23. The minimum Gasteiger partial charge on any atom is -0.507 e. The van der Waals surface area contributed by atoms with Gasteiger partial charge in [-0.1, -0.05) is 6.07 Å². The van der Waals surface area contributed by atoms with Crippen LogP contribution in [0.5, 0.6) is 5.75 Å². The van der Waals surface area contributed by atoms with Crippen LogP contribution >= 0.6 is 15.9 Å². The molecule has 1 N–H and O–H groups in total. The van der Waals surface area contributed by atoms with Crippen molar-refractivity contribution < 1.29 is 14.6 Å². The molecule has 0 saturated carbocycles. The number of phenolic OH excluding ortho intramolecular Hbond substituents is 1. The topological polar surface area (TPSA) is 49.8 Å². The lowest BCUT2D eigenvalue weighted by Gasteiger charge is -2.33. The third kappa shape index (κ3) is 4.90. The molecule has 1 amide bonds. The third-order valence-electron chi connectivity index (χ3n) is 3.80. The SMILES string of the molecule is CC(C)(C)OC(=O)N1CCC(Cc2ccc(Br)c(O)c2)CC1. The van der Waals surface area contributed by atoms with Crippen molar-refractivity contribution in [3.05, 3.63) is 28.2 Å². The Kier molecular flexibility index (Phi) is 5.37. The fourth-order valence-electron chi connectivity index (χ4n) is 2.66.